The zero-order chi connectivity index (χ0) is 13.9. The maximum Gasteiger partial charge on any atom is 0.305 e. The maximum atomic E-state index is 10.6. The number of hydrogen-bond acceptors (Lipinski definition) is 4. The van der Waals surface area contributed by atoms with E-state index in [4.69, 9.17) is 28.3 Å². The van der Waals surface area contributed by atoms with E-state index in [1.54, 1.807) is 11.9 Å². The summed E-state index contributed by atoms with van der Waals surface area (Å²) in [5, 5.41) is 19.4. The molecule has 0 radical (unpaired) electrons. The molecule has 8 heteroatoms. The minimum Gasteiger partial charge on any atom is -0.481 e. The molecule has 1 rings (SSSR count). The summed E-state index contributed by atoms with van der Waals surface area (Å²) in [7, 11) is 1.61. The topological polar surface area (TPSA) is 83.7 Å². The van der Waals surface area contributed by atoms with Crippen molar-refractivity contribution in [2.24, 2.45) is 0 Å². The number of aliphatic carboxylic acids is 1. The number of hydrogen-bond donors (Lipinski definition) is 1. The van der Waals surface area contributed by atoms with Gasteiger partial charge in [0.15, 0.2) is 0 Å². The molecule has 1 aromatic carbocycles. The van der Waals surface area contributed by atoms with Gasteiger partial charge in [-0.05, 0) is 0 Å². The van der Waals surface area contributed by atoms with Crippen molar-refractivity contribution >= 4 is 40.5 Å². The van der Waals surface area contributed by atoms with Crippen molar-refractivity contribution in [3.8, 4) is 0 Å². The van der Waals surface area contributed by atoms with Crippen LogP contribution in [0.3, 0.4) is 0 Å². The van der Waals surface area contributed by atoms with Gasteiger partial charge < -0.3 is 10.0 Å². The van der Waals surface area contributed by atoms with Crippen LogP contribution < -0.4 is 4.90 Å². The molecule has 1 N–H and O–H groups in total. The summed E-state index contributed by atoms with van der Waals surface area (Å²) < 4.78 is 0. The molecular formula is C10H10Cl2N2O4. The van der Waals surface area contributed by atoms with Gasteiger partial charge in [0.25, 0.3) is 5.69 Å². The Morgan fingerprint density at radius 1 is 1.44 bits per heavy atom. The number of halogens is 2. The number of nitrogens with zero attached hydrogens (tertiary/aromatic N) is 2. The van der Waals surface area contributed by atoms with E-state index in [9.17, 15) is 14.9 Å². The van der Waals surface area contributed by atoms with Crippen molar-refractivity contribution < 1.29 is 14.8 Å². The van der Waals surface area contributed by atoms with Crippen LogP contribution >= 0.6 is 23.2 Å². The molecule has 0 aliphatic rings. The van der Waals surface area contributed by atoms with E-state index in [1.807, 2.05) is 0 Å². The highest BCUT2D eigenvalue weighted by Gasteiger charge is 2.17. The van der Waals surface area contributed by atoms with Crippen LogP contribution in [-0.4, -0.2) is 29.6 Å². The van der Waals surface area contributed by atoms with Crippen LogP contribution in [-0.2, 0) is 4.79 Å². The van der Waals surface area contributed by atoms with Gasteiger partial charge >= 0.3 is 5.97 Å². The Bertz CT molecular complexity index is 470. The van der Waals surface area contributed by atoms with Crippen LogP contribution in [0.4, 0.5) is 11.4 Å². The van der Waals surface area contributed by atoms with E-state index >= 15 is 0 Å². The molecule has 0 aromatic heterocycles. The number of carbonyl (C=O) groups is 1. The SMILES string of the molecule is CN(CCC(=O)O)c1c(Cl)cc([N+](=O)[O-])cc1Cl. The number of non-ortho nitro benzene ring substituents is 1. The first-order chi connectivity index (χ1) is 8.32. The number of nitro groups is 1. The summed E-state index contributed by atoms with van der Waals surface area (Å²) in [5.41, 5.74) is 0.172. The molecule has 0 aliphatic heterocycles. The van der Waals surface area contributed by atoms with E-state index in [0.717, 1.165) is 0 Å². The number of carboxylic acids is 1. The normalized spacial score (nSPS) is 10.2. The molecule has 0 spiro atoms. The predicted octanol–water partition coefficient (Wildman–Crippen LogP) is 2.81. The Kier molecular flexibility index (Phi) is 4.75. The second-order valence-electron chi connectivity index (χ2n) is 3.58. The Balaban J connectivity index is 3.02. The van der Waals surface area contributed by atoms with Gasteiger partial charge in [0.05, 0.1) is 27.1 Å². The molecule has 0 atom stereocenters. The van der Waals surface area contributed by atoms with Gasteiger partial charge in [-0.25, -0.2) is 0 Å². The molecule has 18 heavy (non-hydrogen) atoms. The quantitative estimate of drug-likeness (QED) is 0.666. The van der Waals surface area contributed by atoms with E-state index < -0.39 is 10.9 Å². The van der Waals surface area contributed by atoms with Crippen LogP contribution in [0.2, 0.25) is 10.0 Å². The second-order valence-corrected chi connectivity index (χ2v) is 4.39. The summed E-state index contributed by atoms with van der Waals surface area (Å²) in [4.78, 5) is 22.0. The van der Waals surface area contributed by atoms with Gasteiger partial charge in [0.2, 0.25) is 0 Å². The van der Waals surface area contributed by atoms with Crippen molar-refractivity contribution in [2.45, 2.75) is 6.42 Å². The molecule has 0 saturated heterocycles. The van der Waals surface area contributed by atoms with Crippen molar-refractivity contribution in [1.29, 1.82) is 0 Å². The lowest BCUT2D eigenvalue weighted by atomic mass is 10.2. The summed E-state index contributed by atoms with van der Waals surface area (Å²) in [6.07, 6.45) is -0.0832. The third-order valence-corrected chi connectivity index (χ3v) is 2.83. The lowest BCUT2D eigenvalue weighted by Crippen LogP contribution is -2.21. The second kappa shape index (κ2) is 5.88. The Hall–Kier alpha value is -1.53. The van der Waals surface area contributed by atoms with Crippen molar-refractivity contribution in [3.63, 3.8) is 0 Å². The summed E-state index contributed by atoms with van der Waals surface area (Å²) in [5.74, 6) is -0.948. The zero-order valence-corrected chi connectivity index (χ0v) is 10.9. The molecule has 6 nitrogen and oxygen atoms in total. The number of nitro benzene ring substituents is 1. The number of rotatable bonds is 5. The smallest absolute Gasteiger partial charge is 0.305 e. The van der Waals surface area contributed by atoms with Crippen LogP contribution in [0.15, 0.2) is 12.1 Å². The first-order valence-corrected chi connectivity index (χ1v) is 5.65. The van der Waals surface area contributed by atoms with Gasteiger partial charge in [0.1, 0.15) is 0 Å². The first-order valence-electron chi connectivity index (χ1n) is 4.89. The molecule has 0 unspecified atom stereocenters. The van der Waals surface area contributed by atoms with E-state index in [2.05, 4.69) is 0 Å². The van der Waals surface area contributed by atoms with Crippen molar-refractivity contribution in [1.82, 2.24) is 0 Å². The predicted molar refractivity (Wildman–Crippen MR) is 68.6 cm³/mol. The van der Waals surface area contributed by atoms with Gasteiger partial charge in [-0.15, -0.1) is 0 Å². The molecule has 1 aromatic rings. The van der Waals surface area contributed by atoms with Crippen molar-refractivity contribution in [2.75, 3.05) is 18.5 Å². The highest BCUT2D eigenvalue weighted by atomic mass is 35.5. The van der Waals surface area contributed by atoms with Crippen LogP contribution in [0.1, 0.15) is 6.42 Å². The van der Waals surface area contributed by atoms with Gasteiger partial charge in [-0.1, -0.05) is 23.2 Å². The summed E-state index contributed by atoms with van der Waals surface area (Å²) in [6.45, 7) is 0.201. The minimum atomic E-state index is -0.948. The van der Waals surface area contributed by atoms with E-state index in [-0.39, 0.29) is 28.7 Å². The highest BCUT2D eigenvalue weighted by molar-refractivity contribution is 6.39. The summed E-state index contributed by atoms with van der Waals surface area (Å²) >= 11 is 11.8. The fourth-order valence-corrected chi connectivity index (χ4v) is 2.16. The van der Waals surface area contributed by atoms with Gasteiger partial charge in [-0.2, -0.15) is 0 Å². The molecule has 0 fully saturated rings. The fourth-order valence-electron chi connectivity index (χ4n) is 1.40. The number of anilines is 1. The maximum absolute atomic E-state index is 10.6. The largest absolute Gasteiger partial charge is 0.481 e. The lowest BCUT2D eigenvalue weighted by Gasteiger charge is -2.20. The number of benzene rings is 1. The molecule has 0 saturated carbocycles. The zero-order valence-electron chi connectivity index (χ0n) is 9.39. The summed E-state index contributed by atoms with van der Waals surface area (Å²) in [6, 6.07) is 2.36. The average molecular weight is 293 g/mol. The highest BCUT2D eigenvalue weighted by Crippen LogP contribution is 2.36. The monoisotopic (exact) mass is 292 g/mol. The minimum absolute atomic E-state index is 0.0832. The van der Waals surface area contributed by atoms with Gasteiger partial charge in [0, 0.05) is 25.7 Å². The molecule has 0 amide bonds. The van der Waals surface area contributed by atoms with Crippen LogP contribution in [0.5, 0.6) is 0 Å². The number of carboxylic acid groups (broad SMARTS) is 1. The molecule has 0 heterocycles. The van der Waals surface area contributed by atoms with Crippen molar-refractivity contribution in [3.05, 3.63) is 32.3 Å². The fraction of sp³-hybridized carbons (Fsp3) is 0.300. The third-order valence-electron chi connectivity index (χ3n) is 2.26. The molecular weight excluding hydrogens is 283 g/mol. The third kappa shape index (κ3) is 3.48. The van der Waals surface area contributed by atoms with Crippen LogP contribution in [0.25, 0.3) is 0 Å². The van der Waals surface area contributed by atoms with E-state index in [0.29, 0.717) is 5.69 Å². The molecule has 98 valence electrons. The Morgan fingerprint density at radius 3 is 2.33 bits per heavy atom. The van der Waals surface area contributed by atoms with Crippen LogP contribution in [0, 0.1) is 10.1 Å². The van der Waals surface area contributed by atoms with Gasteiger partial charge in [-0.3, -0.25) is 14.9 Å². The Morgan fingerprint density at radius 2 is 1.94 bits per heavy atom. The standard InChI is InChI=1S/C10H10Cl2N2O4/c1-13(3-2-9(15)16)10-7(11)4-6(14(17)18)5-8(10)12/h4-5H,2-3H2,1H3,(H,15,16). The Labute approximate surface area is 113 Å². The van der Waals surface area contributed by atoms with E-state index in [1.165, 1.54) is 12.1 Å². The lowest BCUT2D eigenvalue weighted by molar-refractivity contribution is -0.384. The molecule has 0 aliphatic carbocycles. The average Bonchev–Trinajstić information content (AvgIpc) is 2.25. The molecule has 0 bridgehead atoms. The first kappa shape index (κ1) is 14.5.